The van der Waals surface area contributed by atoms with Crippen molar-refractivity contribution >= 4 is 11.7 Å². The van der Waals surface area contributed by atoms with Crippen LogP contribution in [0, 0.1) is 6.92 Å². The smallest absolute Gasteiger partial charge is 0.236 e. The Kier molecular flexibility index (Phi) is 4.69. The number of carbonyl (C=O) groups excluding carboxylic acids is 1. The number of fused-ring (bicyclic) bond motifs is 1. The van der Waals surface area contributed by atoms with E-state index in [9.17, 15) is 4.79 Å². The molecule has 2 heterocycles. The van der Waals surface area contributed by atoms with Crippen LogP contribution in [0.25, 0.3) is 11.1 Å². The van der Waals surface area contributed by atoms with Gasteiger partial charge in [0.05, 0.1) is 5.41 Å². The molecule has 3 aromatic rings. The fraction of sp³-hybridized carbons (Fsp3) is 0.308. The highest BCUT2D eigenvalue weighted by Gasteiger charge is 2.51. The van der Waals surface area contributed by atoms with Crippen LogP contribution in [0.1, 0.15) is 50.7 Å². The first-order chi connectivity index (χ1) is 15.0. The third-order valence-corrected chi connectivity index (χ3v) is 6.31. The van der Waals surface area contributed by atoms with Gasteiger partial charge in [0.2, 0.25) is 12.7 Å². The Morgan fingerprint density at radius 1 is 1.10 bits per heavy atom. The molecule has 0 radical (unpaired) electrons. The molecule has 5 nitrogen and oxygen atoms in total. The van der Waals surface area contributed by atoms with Crippen LogP contribution in [0.4, 0.5) is 5.82 Å². The molecular weight excluding hydrogens is 388 g/mol. The van der Waals surface area contributed by atoms with Crippen molar-refractivity contribution in [1.29, 1.82) is 0 Å². The van der Waals surface area contributed by atoms with Gasteiger partial charge in [0.25, 0.3) is 0 Å². The minimum atomic E-state index is -0.516. The molecule has 0 saturated heterocycles. The van der Waals surface area contributed by atoms with Gasteiger partial charge >= 0.3 is 0 Å². The molecule has 1 aliphatic heterocycles. The number of hydrogen-bond acceptors (Lipinski definition) is 4. The summed E-state index contributed by atoms with van der Waals surface area (Å²) in [6, 6.07) is 16.3. The maximum Gasteiger partial charge on any atom is 0.236 e. The third kappa shape index (κ3) is 3.44. The van der Waals surface area contributed by atoms with Gasteiger partial charge in [-0.3, -0.25) is 4.79 Å². The minimum absolute atomic E-state index is 0. The number of rotatable bonds is 5. The second-order valence-corrected chi connectivity index (χ2v) is 8.74. The van der Waals surface area contributed by atoms with Crippen LogP contribution in [0.5, 0.6) is 11.5 Å². The normalized spacial score (nSPS) is 15.7. The Morgan fingerprint density at radius 3 is 2.61 bits per heavy atom. The fourth-order valence-electron chi connectivity index (χ4n) is 4.31. The zero-order chi connectivity index (χ0) is 21.6. The topological polar surface area (TPSA) is 60.5 Å². The summed E-state index contributed by atoms with van der Waals surface area (Å²) in [5, 5.41) is 3.07. The summed E-state index contributed by atoms with van der Waals surface area (Å²) in [4.78, 5) is 17.8. The zero-order valence-corrected chi connectivity index (χ0v) is 18.1. The summed E-state index contributed by atoms with van der Waals surface area (Å²) in [6.07, 6.45) is 3.48. The lowest BCUT2D eigenvalue weighted by molar-refractivity contribution is -0.118. The summed E-state index contributed by atoms with van der Waals surface area (Å²) in [5.74, 6) is 2.46. The van der Waals surface area contributed by atoms with Gasteiger partial charge < -0.3 is 14.8 Å². The molecule has 1 aliphatic carbocycles. The van der Waals surface area contributed by atoms with E-state index in [2.05, 4.69) is 54.5 Å². The summed E-state index contributed by atoms with van der Waals surface area (Å²) < 4.78 is 10.9. The second kappa shape index (κ2) is 7.41. The lowest BCUT2D eigenvalue weighted by Gasteiger charge is -2.18. The van der Waals surface area contributed by atoms with Crippen molar-refractivity contribution in [3.05, 3.63) is 71.4 Å². The Balaban J connectivity index is 0.00000245. The van der Waals surface area contributed by atoms with E-state index in [0.717, 1.165) is 35.3 Å². The van der Waals surface area contributed by atoms with Crippen molar-refractivity contribution < 1.29 is 15.7 Å². The number of amides is 1. The largest absolute Gasteiger partial charge is 0.454 e. The van der Waals surface area contributed by atoms with E-state index in [1.54, 1.807) is 0 Å². The predicted octanol–water partition coefficient (Wildman–Crippen LogP) is 5.83. The van der Waals surface area contributed by atoms with Crippen LogP contribution in [-0.2, 0) is 10.2 Å². The van der Waals surface area contributed by atoms with Gasteiger partial charge in [-0.05, 0) is 66.1 Å². The number of carbonyl (C=O) groups is 1. The fourth-order valence-corrected chi connectivity index (χ4v) is 4.31. The Labute approximate surface area is 183 Å². The number of hydrogen-bond donors (Lipinski definition) is 1. The molecule has 0 unspecified atom stereocenters. The van der Waals surface area contributed by atoms with Gasteiger partial charge in [0, 0.05) is 13.2 Å². The van der Waals surface area contributed by atoms with E-state index in [-0.39, 0.29) is 14.1 Å². The quantitative estimate of drug-likeness (QED) is 0.569. The monoisotopic (exact) mass is 416 g/mol. The molecular formula is C26H28N2O3. The van der Waals surface area contributed by atoms with E-state index < -0.39 is 5.41 Å². The van der Waals surface area contributed by atoms with Crippen LogP contribution in [0.15, 0.2) is 54.7 Å². The van der Waals surface area contributed by atoms with Crippen molar-refractivity contribution in [2.24, 2.45) is 0 Å². The number of aromatic nitrogens is 1. The third-order valence-electron chi connectivity index (χ3n) is 6.31. The maximum absolute atomic E-state index is 13.2. The first kappa shape index (κ1) is 19.6. The average molecular weight is 417 g/mol. The highest BCUT2D eigenvalue weighted by atomic mass is 16.7. The maximum atomic E-state index is 13.2. The van der Waals surface area contributed by atoms with Crippen LogP contribution >= 0.6 is 0 Å². The molecule has 1 fully saturated rings. The highest BCUT2D eigenvalue weighted by molar-refractivity contribution is 6.01. The molecule has 0 bridgehead atoms. The molecule has 1 saturated carbocycles. The zero-order valence-electron chi connectivity index (χ0n) is 18.1. The number of nitrogens with one attached hydrogen (secondary N) is 1. The molecule has 0 spiro atoms. The van der Waals surface area contributed by atoms with Gasteiger partial charge in [-0.2, -0.15) is 0 Å². The van der Waals surface area contributed by atoms with E-state index in [1.165, 1.54) is 11.1 Å². The summed E-state index contributed by atoms with van der Waals surface area (Å²) in [7, 11) is 0. The summed E-state index contributed by atoms with van der Waals surface area (Å²) in [6.45, 7) is 6.61. The number of pyridine rings is 1. The lowest BCUT2D eigenvalue weighted by atomic mass is 9.93. The molecule has 0 atom stereocenters. The number of ether oxygens (including phenoxy) is 2. The molecule has 5 heteroatoms. The SMILES string of the molecule is Cc1cc(-c2ccccc2C(C)C)cnc1NC(=O)C1(c2ccc3c(c2)OCO3)CC1.[HH]. The van der Waals surface area contributed by atoms with Crippen LogP contribution in [0.3, 0.4) is 0 Å². The van der Waals surface area contributed by atoms with Gasteiger partial charge in [0.15, 0.2) is 11.5 Å². The second-order valence-electron chi connectivity index (χ2n) is 8.74. The van der Waals surface area contributed by atoms with Crippen molar-refractivity contribution in [3.8, 4) is 22.6 Å². The van der Waals surface area contributed by atoms with E-state index in [0.29, 0.717) is 17.5 Å². The van der Waals surface area contributed by atoms with Crippen LogP contribution in [-0.4, -0.2) is 17.7 Å². The first-order valence-corrected chi connectivity index (χ1v) is 10.8. The molecule has 2 aliphatic rings. The Bertz CT molecular complexity index is 1170. The predicted molar refractivity (Wildman–Crippen MR) is 123 cm³/mol. The van der Waals surface area contributed by atoms with Crippen molar-refractivity contribution in [1.82, 2.24) is 4.98 Å². The number of aryl methyl sites for hydroxylation is 1. The molecule has 1 aromatic heterocycles. The van der Waals surface area contributed by atoms with Crippen molar-refractivity contribution in [2.75, 3.05) is 12.1 Å². The van der Waals surface area contributed by atoms with E-state index in [4.69, 9.17) is 9.47 Å². The molecule has 160 valence electrons. The molecule has 1 N–H and O–H groups in total. The number of anilines is 1. The van der Waals surface area contributed by atoms with Crippen LogP contribution < -0.4 is 14.8 Å². The van der Waals surface area contributed by atoms with E-state index >= 15 is 0 Å². The minimum Gasteiger partial charge on any atom is -0.454 e. The highest BCUT2D eigenvalue weighted by Crippen LogP contribution is 2.51. The van der Waals surface area contributed by atoms with Gasteiger partial charge in [-0.15, -0.1) is 0 Å². The Morgan fingerprint density at radius 2 is 1.87 bits per heavy atom. The standard InChI is InChI=1S/C26H26N2O3.H2/c1-16(2)20-6-4-5-7-21(20)18-12-17(3)24(27-14-18)28-25(29)26(10-11-26)19-8-9-22-23(13-19)31-15-30-22;/h4-9,12-14,16H,10-11,15H2,1-3H3,(H,27,28,29);1H. The van der Waals surface area contributed by atoms with E-state index in [1.807, 2.05) is 31.3 Å². The number of benzene rings is 2. The molecule has 5 rings (SSSR count). The van der Waals surface area contributed by atoms with Gasteiger partial charge in [-0.1, -0.05) is 44.2 Å². The lowest BCUT2D eigenvalue weighted by Crippen LogP contribution is -2.28. The molecule has 1 amide bonds. The average Bonchev–Trinajstić information content (AvgIpc) is 3.46. The van der Waals surface area contributed by atoms with Gasteiger partial charge in [-0.25, -0.2) is 4.98 Å². The van der Waals surface area contributed by atoms with Crippen molar-refractivity contribution in [2.45, 2.75) is 44.9 Å². The van der Waals surface area contributed by atoms with Gasteiger partial charge in [0.1, 0.15) is 5.82 Å². The van der Waals surface area contributed by atoms with Crippen LogP contribution in [0.2, 0.25) is 0 Å². The molecule has 31 heavy (non-hydrogen) atoms. The first-order valence-electron chi connectivity index (χ1n) is 10.8. The molecule has 2 aromatic carbocycles. The Hall–Kier alpha value is -3.34. The number of nitrogens with zero attached hydrogens (tertiary/aromatic N) is 1. The van der Waals surface area contributed by atoms with Crippen molar-refractivity contribution in [3.63, 3.8) is 0 Å². The summed E-state index contributed by atoms with van der Waals surface area (Å²) in [5.41, 5.74) is 4.94. The summed E-state index contributed by atoms with van der Waals surface area (Å²) >= 11 is 0.